The van der Waals surface area contributed by atoms with Gasteiger partial charge in [0, 0.05) is 30.7 Å². The Bertz CT molecular complexity index is 437. The van der Waals surface area contributed by atoms with Gasteiger partial charge in [-0.05, 0) is 71.8 Å². The average molecular weight is 355 g/mol. The Hall–Kier alpha value is -0.580. The van der Waals surface area contributed by atoms with Gasteiger partial charge in [0.1, 0.15) is 0 Å². The van der Waals surface area contributed by atoms with Crippen LogP contribution >= 0.6 is 15.9 Å². The van der Waals surface area contributed by atoms with Crippen LogP contribution < -0.4 is 10.2 Å². The molecule has 1 saturated heterocycles. The van der Waals surface area contributed by atoms with Gasteiger partial charge in [0.15, 0.2) is 0 Å². The normalized spacial score (nSPS) is 19.0. The minimum absolute atomic E-state index is 0.307. The number of hydrogen-bond acceptors (Lipinski definition) is 3. The van der Waals surface area contributed by atoms with E-state index in [0.29, 0.717) is 12.5 Å². The molecular weight excluding hydrogens is 328 g/mol. The van der Waals surface area contributed by atoms with Gasteiger partial charge < -0.3 is 15.3 Å². The van der Waals surface area contributed by atoms with E-state index < -0.39 is 0 Å². The minimum Gasteiger partial charge on any atom is -0.396 e. The van der Waals surface area contributed by atoms with Crippen LogP contribution in [-0.4, -0.2) is 31.3 Å². The number of nitrogens with zero attached hydrogens (tertiary/aromatic N) is 1. The molecule has 0 aliphatic carbocycles. The summed E-state index contributed by atoms with van der Waals surface area (Å²) in [5, 5.41) is 12.6. The Morgan fingerprint density at radius 2 is 2.29 bits per heavy atom. The van der Waals surface area contributed by atoms with Gasteiger partial charge in [0.05, 0.1) is 5.69 Å². The summed E-state index contributed by atoms with van der Waals surface area (Å²) in [6.07, 6.45) is 4.55. The molecule has 0 saturated carbocycles. The fourth-order valence-electron chi connectivity index (χ4n) is 3.03. The summed E-state index contributed by atoms with van der Waals surface area (Å²) < 4.78 is 1.18. The molecule has 0 spiro atoms. The Morgan fingerprint density at radius 3 is 3.00 bits per heavy atom. The van der Waals surface area contributed by atoms with Crippen LogP contribution in [0.4, 0.5) is 5.69 Å². The molecule has 118 valence electrons. The van der Waals surface area contributed by atoms with Crippen molar-refractivity contribution in [3.05, 3.63) is 28.2 Å². The van der Waals surface area contributed by atoms with Gasteiger partial charge in [-0.25, -0.2) is 0 Å². The Balaban J connectivity index is 1.99. The van der Waals surface area contributed by atoms with Crippen molar-refractivity contribution >= 4 is 21.6 Å². The highest BCUT2D eigenvalue weighted by atomic mass is 79.9. The Morgan fingerprint density at radius 1 is 1.43 bits per heavy atom. The van der Waals surface area contributed by atoms with Crippen LogP contribution in [0.25, 0.3) is 0 Å². The smallest absolute Gasteiger partial charge is 0.0510 e. The fourth-order valence-corrected chi connectivity index (χ4v) is 3.71. The van der Waals surface area contributed by atoms with Crippen molar-refractivity contribution < 1.29 is 5.11 Å². The lowest BCUT2D eigenvalue weighted by atomic mass is 9.94. The maximum atomic E-state index is 9.13. The van der Waals surface area contributed by atoms with Gasteiger partial charge in [-0.15, -0.1) is 0 Å². The number of piperidine rings is 1. The molecule has 1 fully saturated rings. The van der Waals surface area contributed by atoms with Crippen molar-refractivity contribution in [2.45, 2.75) is 39.2 Å². The van der Waals surface area contributed by atoms with Gasteiger partial charge >= 0.3 is 0 Å². The summed E-state index contributed by atoms with van der Waals surface area (Å²) in [7, 11) is 0. The van der Waals surface area contributed by atoms with E-state index in [1.54, 1.807) is 0 Å². The number of benzene rings is 1. The molecule has 1 aromatic rings. The first-order valence-electron chi connectivity index (χ1n) is 8.09. The fraction of sp³-hybridized carbons (Fsp3) is 0.647. The Labute approximate surface area is 136 Å². The molecule has 1 aliphatic heterocycles. The van der Waals surface area contributed by atoms with Crippen LogP contribution in [0.1, 0.15) is 38.2 Å². The highest BCUT2D eigenvalue weighted by Gasteiger charge is 2.21. The van der Waals surface area contributed by atoms with Crippen LogP contribution in [0.15, 0.2) is 22.7 Å². The summed E-state index contributed by atoms with van der Waals surface area (Å²) in [5.74, 6) is 0.626. The van der Waals surface area contributed by atoms with Gasteiger partial charge in [-0.3, -0.25) is 0 Å². The van der Waals surface area contributed by atoms with Crippen LogP contribution in [0.2, 0.25) is 0 Å². The highest BCUT2D eigenvalue weighted by Crippen LogP contribution is 2.31. The van der Waals surface area contributed by atoms with Gasteiger partial charge in [0.25, 0.3) is 0 Å². The lowest BCUT2D eigenvalue weighted by Gasteiger charge is -2.35. The molecule has 1 atom stereocenters. The standard InChI is InChI=1S/C17H27BrN2O/c1-2-8-19-12-15-5-6-17(16(18)11-15)20-9-3-4-14(13-20)7-10-21/h5-6,11,14,19,21H,2-4,7-10,12-13H2,1H3. The molecule has 4 heteroatoms. The van der Waals surface area contributed by atoms with Crippen molar-refractivity contribution in [3.8, 4) is 0 Å². The number of anilines is 1. The van der Waals surface area contributed by atoms with E-state index in [9.17, 15) is 0 Å². The quantitative estimate of drug-likeness (QED) is 0.735. The van der Waals surface area contributed by atoms with Crippen molar-refractivity contribution in [3.63, 3.8) is 0 Å². The van der Waals surface area contributed by atoms with E-state index in [4.69, 9.17) is 5.11 Å². The number of hydrogen-bond donors (Lipinski definition) is 2. The topological polar surface area (TPSA) is 35.5 Å². The summed E-state index contributed by atoms with van der Waals surface area (Å²) in [4.78, 5) is 2.46. The summed E-state index contributed by atoms with van der Waals surface area (Å²) in [6, 6.07) is 6.68. The van der Waals surface area contributed by atoms with Crippen molar-refractivity contribution in [1.29, 1.82) is 0 Å². The van der Waals surface area contributed by atoms with E-state index in [-0.39, 0.29) is 0 Å². The summed E-state index contributed by atoms with van der Waals surface area (Å²) in [6.45, 7) is 6.67. The van der Waals surface area contributed by atoms with E-state index >= 15 is 0 Å². The van der Waals surface area contributed by atoms with Crippen LogP contribution in [0.3, 0.4) is 0 Å². The first kappa shape index (κ1) is 16.8. The van der Waals surface area contributed by atoms with Crippen molar-refractivity contribution in [1.82, 2.24) is 5.32 Å². The van der Waals surface area contributed by atoms with E-state index in [1.165, 1.54) is 35.0 Å². The number of nitrogens with one attached hydrogen (secondary N) is 1. The lowest BCUT2D eigenvalue weighted by Crippen LogP contribution is -2.36. The number of aliphatic hydroxyl groups excluding tert-OH is 1. The molecule has 2 N–H and O–H groups in total. The zero-order valence-corrected chi connectivity index (χ0v) is 14.5. The van der Waals surface area contributed by atoms with E-state index in [0.717, 1.165) is 32.6 Å². The largest absolute Gasteiger partial charge is 0.396 e. The molecule has 0 radical (unpaired) electrons. The second-order valence-corrected chi connectivity index (χ2v) is 6.78. The Kier molecular flexibility index (Phi) is 7.00. The third kappa shape index (κ3) is 4.97. The molecule has 0 bridgehead atoms. The average Bonchev–Trinajstić information content (AvgIpc) is 2.48. The SMILES string of the molecule is CCCNCc1ccc(N2CCCC(CCO)C2)c(Br)c1. The molecule has 3 nitrogen and oxygen atoms in total. The maximum Gasteiger partial charge on any atom is 0.0510 e. The van der Waals surface area contributed by atoms with Gasteiger partial charge in [-0.1, -0.05) is 13.0 Å². The second kappa shape index (κ2) is 8.76. The zero-order chi connectivity index (χ0) is 15.1. The number of aliphatic hydroxyl groups is 1. The number of rotatable bonds is 7. The molecule has 1 aliphatic rings. The van der Waals surface area contributed by atoms with Gasteiger partial charge in [0.2, 0.25) is 0 Å². The second-order valence-electron chi connectivity index (χ2n) is 5.93. The monoisotopic (exact) mass is 354 g/mol. The summed E-state index contributed by atoms with van der Waals surface area (Å²) in [5.41, 5.74) is 2.61. The molecular formula is C17H27BrN2O. The number of halogens is 1. The van der Waals surface area contributed by atoms with Crippen molar-refractivity contribution in [2.24, 2.45) is 5.92 Å². The van der Waals surface area contributed by atoms with Crippen LogP contribution in [-0.2, 0) is 6.54 Å². The first-order valence-corrected chi connectivity index (χ1v) is 8.88. The third-order valence-corrected chi connectivity index (χ3v) is 4.80. The zero-order valence-electron chi connectivity index (χ0n) is 12.9. The molecule has 1 aromatic carbocycles. The third-order valence-electron chi connectivity index (χ3n) is 4.17. The van der Waals surface area contributed by atoms with E-state index in [2.05, 4.69) is 51.3 Å². The van der Waals surface area contributed by atoms with Crippen LogP contribution in [0, 0.1) is 5.92 Å². The molecule has 21 heavy (non-hydrogen) atoms. The highest BCUT2D eigenvalue weighted by molar-refractivity contribution is 9.10. The maximum absolute atomic E-state index is 9.13. The molecule has 1 heterocycles. The van der Waals surface area contributed by atoms with Crippen molar-refractivity contribution in [2.75, 3.05) is 31.1 Å². The van der Waals surface area contributed by atoms with Gasteiger partial charge in [-0.2, -0.15) is 0 Å². The summed E-state index contributed by atoms with van der Waals surface area (Å²) >= 11 is 3.73. The molecule has 1 unspecified atom stereocenters. The molecule has 0 amide bonds. The molecule has 2 rings (SSSR count). The van der Waals surface area contributed by atoms with Crippen LogP contribution in [0.5, 0.6) is 0 Å². The minimum atomic E-state index is 0.307. The predicted octanol–water partition coefficient (Wildman–Crippen LogP) is 3.55. The van der Waals surface area contributed by atoms with E-state index in [1.807, 2.05) is 0 Å². The lowest BCUT2D eigenvalue weighted by molar-refractivity contribution is 0.244. The molecule has 0 aromatic heterocycles. The first-order chi connectivity index (χ1) is 10.2. The predicted molar refractivity (Wildman–Crippen MR) is 92.8 cm³/mol.